The molecule has 1 aromatic carbocycles. The summed E-state index contributed by atoms with van der Waals surface area (Å²) in [6.07, 6.45) is 0.403. The predicted octanol–water partition coefficient (Wildman–Crippen LogP) is 3.30. The fraction of sp³-hybridized carbons (Fsp3) is 0.462. The zero-order valence-corrected chi connectivity index (χ0v) is 9.83. The van der Waals surface area contributed by atoms with Gasteiger partial charge in [0, 0.05) is 6.42 Å². The summed E-state index contributed by atoms with van der Waals surface area (Å²) in [5.41, 5.74) is 1.25. The smallest absolute Gasteiger partial charge is 0.310 e. The van der Waals surface area contributed by atoms with Crippen molar-refractivity contribution in [3.8, 4) is 5.75 Å². The van der Waals surface area contributed by atoms with Crippen molar-refractivity contribution in [2.24, 2.45) is 0 Å². The van der Waals surface area contributed by atoms with Gasteiger partial charge in [0.25, 0.3) is 0 Å². The van der Waals surface area contributed by atoms with Crippen LogP contribution in [-0.2, 0) is 10.2 Å². The molecule has 0 saturated heterocycles. The van der Waals surface area contributed by atoms with E-state index in [2.05, 4.69) is 20.8 Å². The Morgan fingerprint density at radius 1 is 1.33 bits per heavy atom. The molecule has 0 radical (unpaired) electrons. The molecule has 0 saturated carbocycles. The third-order valence-electron chi connectivity index (χ3n) is 2.22. The van der Waals surface area contributed by atoms with E-state index in [0.29, 0.717) is 12.2 Å². The van der Waals surface area contributed by atoms with Gasteiger partial charge in [-0.2, -0.15) is 0 Å². The van der Waals surface area contributed by atoms with Crippen molar-refractivity contribution < 1.29 is 9.53 Å². The first-order valence-corrected chi connectivity index (χ1v) is 5.24. The number of benzene rings is 1. The van der Waals surface area contributed by atoms with Gasteiger partial charge in [0.15, 0.2) is 0 Å². The van der Waals surface area contributed by atoms with E-state index in [4.69, 9.17) is 4.74 Å². The molecule has 0 bridgehead atoms. The molecule has 0 aliphatic rings. The summed E-state index contributed by atoms with van der Waals surface area (Å²) in [7, 11) is 0. The quantitative estimate of drug-likeness (QED) is 0.548. The molecule has 0 atom stereocenters. The molecule has 2 heteroatoms. The lowest BCUT2D eigenvalue weighted by Crippen LogP contribution is -2.12. The van der Waals surface area contributed by atoms with Crippen LogP contribution < -0.4 is 4.74 Å². The molecule has 2 nitrogen and oxygen atoms in total. The first kappa shape index (κ1) is 11.8. The highest BCUT2D eigenvalue weighted by molar-refractivity contribution is 5.71. The van der Waals surface area contributed by atoms with E-state index in [0.717, 1.165) is 0 Å². The van der Waals surface area contributed by atoms with Crippen LogP contribution in [0.1, 0.15) is 39.7 Å². The summed E-state index contributed by atoms with van der Waals surface area (Å²) >= 11 is 0. The van der Waals surface area contributed by atoms with Crippen LogP contribution in [0.25, 0.3) is 0 Å². The summed E-state index contributed by atoms with van der Waals surface area (Å²) in [5, 5.41) is 0. The molecule has 0 spiro atoms. The van der Waals surface area contributed by atoms with Crippen molar-refractivity contribution in [3.63, 3.8) is 0 Å². The molecule has 0 unspecified atom stereocenters. The standard InChI is InChI=1S/C13H18O2/c1-5-12(14)15-11-8-6-7-10(9-11)13(2,3)4/h6-9H,5H2,1-4H3. The van der Waals surface area contributed by atoms with E-state index in [1.54, 1.807) is 6.92 Å². The number of hydrogen-bond donors (Lipinski definition) is 0. The maximum Gasteiger partial charge on any atom is 0.310 e. The highest BCUT2D eigenvalue weighted by atomic mass is 16.5. The summed E-state index contributed by atoms with van der Waals surface area (Å²) in [5.74, 6) is 0.440. The number of esters is 1. The number of carbonyl (C=O) groups excluding carboxylic acids is 1. The second-order valence-electron chi connectivity index (χ2n) is 4.61. The second kappa shape index (κ2) is 4.47. The minimum atomic E-state index is -0.193. The van der Waals surface area contributed by atoms with Gasteiger partial charge in [0.05, 0.1) is 0 Å². The molecule has 15 heavy (non-hydrogen) atoms. The van der Waals surface area contributed by atoms with Gasteiger partial charge in [0.1, 0.15) is 5.75 Å². The fourth-order valence-electron chi connectivity index (χ4n) is 1.23. The van der Waals surface area contributed by atoms with E-state index in [1.807, 2.05) is 24.3 Å². The molecule has 0 N–H and O–H groups in total. The average molecular weight is 206 g/mol. The zero-order valence-electron chi connectivity index (χ0n) is 9.83. The molecule has 0 aliphatic carbocycles. The Morgan fingerprint density at radius 3 is 2.53 bits per heavy atom. The maximum atomic E-state index is 11.1. The summed E-state index contributed by atoms with van der Waals surface area (Å²) in [4.78, 5) is 11.1. The monoisotopic (exact) mass is 206 g/mol. The van der Waals surface area contributed by atoms with Crippen LogP contribution in [0.3, 0.4) is 0 Å². The summed E-state index contributed by atoms with van der Waals surface area (Å²) in [6.45, 7) is 8.19. The normalized spacial score (nSPS) is 11.2. The Bertz CT molecular complexity index is 348. The van der Waals surface area contributed by atoms with Gasteiger partial charge >= 0.3 is 5.97 Å². The van der Waals surface area contributed by atoms with Crippen LogP contribution in [0, 0.1) is 0 Å². The van der Waals surface area contributed by atoms with Crippen molar-refractivity contribution >= 4 is 5.97 Å². The molecular formula is C13H18O2. The second-order valence-corrected chi connectivity index (χ2v) is 4.61. The summed E-state index contributed by atoms with van der Waals surface area (Å²) < 4.78 is 5.16. The Labute approximate surface area is 91.3 Å². The Hall–Kier alpha value is -1.31. The van der Waals surface area contributed by atoms with E-state index in [-0.39, 0.29) is 11.4 Å². The van der Waals surface area contributed by atoms with E-state index in [9.17, 15) is 4.79 Å². The number of carbonyl (C=O) groups is 1. The molecule has 1 rings (SSSR count). The summed E-state index contributed by atoms with van der Waals surface area (Å²) in [6, 6.07) is 7.69. The number of hydrogen-bond acceptors (Lipinski definition) is 2. The molecule has 82 valence electrons. The van der Waals surface area contributed by atoms with Crippen LogP contribution >= 0.6 is 0 Å². The predicted molar refractivity (Wildman–Crippen MR) is 61.1 cm³/mol. The van der Waals surface area contributed by atoms with E-state index in [1.165, 1.54) is 5.56 Å². The third-order valence-corrected chi connectivity index (χ3v) is 2.22. The maximum absolute atomic E-state index is 11.1. The van der Waals surface area contributed by atoms with Gasteiger partial charge in [-0.1, -0.05) is 39.8 Å². The van der Waals surface area contributed by atoms with Crippen LogP contribution in [0.5, 0.6) is 5.75 Å². The lowest BCUT2D eigenvalue weighted by molar-refractivity contribution is -0.134. The highest BCUT2D eigenvalue weighted by Crippen LogP contribution is 2.25. The first-order chi connectivity index (χ1) is 6.93. The van der Waals surface area contributed by atoms with Gasteiger partial charge in [-0.25, -0.2) is 0 Å². The largest absolute Gasteiger partial charge is 0.427 e. The van der Waals surface area contributed by atoms with Crippen molar-refractivity contribution in [1.29, 1.82) is 0 Å². The van der Waals surface area contributed by atoms with Crippen molar-refractivity contribution in [1.82, 2.24) is 0 Å². The van der Waals surface area contributed by atoms with Gasteiger partial charge in [0.2, 0.25) is 0 Å². The van der Waals surface area contributed by atoms with Gasteiger partial charge in [-0.3, -0.25) is 4.79 Å². The first-order valence-electron chi connectivity index (χ1n) is 5.24. The Kier molecular flexibility index (Phi) is 3.51. The lowest BCUT2D eigenvalue weighted by Gasteiger charge is -2.19. The topological polar surface area (TPSA) is 26.3 Å². The average Bonchev–Trinajstić information content (AvgIpc) is 2.17. The van der Waals surface area contributed by atoms with Gasteiger partial charge in [-0.05, 0) is 23.1 Å². The molecule has 0 heterocycles. The van der Waals surface area contributed by atoms with Crippen LogP contribution in [0.4, 0.5) is 0 Å². The van der Waals surface area contributed by atoms with Crippen LogP contribution in [-0.4, -0.2) is 5.97 Å². The molecule has 1 aromatic rings. The minimum absolute atomic E-state index is 0.0780. The Balaban J connectivity index is 2.88. The van der Waals surface area contributed by atoms with Gasteiger partial charge in [-0.15, -0.1) is 0 Å². The Morgan fingerprint density at radius 2 is 2.00 bits per heavy atom. The zero-order chi connectivity index (χ0) is 11.5. The molecule has 0 amide bonds. The van der Waals surface area contributed by atoms with Crippen LogP contribution in [0.15, 0.2) is 24.3 Å². The fourth-order valence-corrected chi connectivity index (χ4v) is 1.23. The van der Waals surface area contributed by atoms with E-state index < -0.39 is 0 Å². The highest BCUT2D eigenvalue weighted by Gasteiger charge is 2.14. The SMILES string of the molecule is CCC(=O)Oc1cccc(C(C)(C)C)c1. The number of ether oxygens (including phenoxy) is 1. The molecule has 0 aliphatic heterocycles. The number of rotatable bonds is 2. The van der Waals surface area contributed by atoms with E-state index >= 15 is 0 Å². The lowest BCUT2D eigenvalue weighted by atomic mass is 9.87. The van der Waals surface area contributed by atoms with Crippen molar-refractivity contribution in [2.45, 2.75) is 39.5 Å². The minimum Gasteiger partial charge on any atom is -0.427 e. The third kappa shape index (κ3) is 3.39. The van der Waals surface area contributed by atoms with Crippen molar-refractivity contribution in [3.05, 3.63) is 29.8 Å². The molecule has 0 fully saturated rings. The molecular weight excluding hydrogens is 188 g/mol. The molecule has 0 aromatic heterocycles. The van der Waals surface area contributed by atoms with Crippen molar-refractivity contribution in [2.75, 3.05) is 0 Å². The van der Waals surface area contributed by atoms with Gasteiger partial charge < -0.3 is 4.74 Å². The van der Waals surface area contributed by atoms with Crippen LogP contribution in [0.2, 0.25) is 0 Å².